The quantitative estimate of drug-likeness (QED) is 0.856. The lowest BCUT2D eigenvalue weighted by Gasteiger charge is -2.32. The Bertz CT molecular complexity index is 929. The molecule has 2 heterocycles. The van der Waals surface area contributed by atoms with Gasteiger partial charge in [-0.05, 0) is 30.9 Å². The topological polar surface area (TPSA) is 92.2 Å². The molecule has 1 aromatic heterocycles. The van der Waals surface area contributed by atoms with Gasteiger partial charge in [-0.3, -0.25) is 9.36 Å². The summed E-state index contributed by atoms with van der Waals surface area (Å²) in [6.07, 6.45) is 3.11. The Morgan fingerprint density at radius 1 is 1.32 bits per heavy atom. The molecule has 7 nitrogen and oxygen atoms in total. The Hall–Kier alpha value is -2.09. The van der Waals surface area contributed by atoms with E-state index in [1.165, 1.54) is 6.26 Å². The molecule has 0 unspecified atom stereocenters. The summed E-state index contributed by atoms with van der Waals surface area (Å²) >= 11 is 0. The van der Waals surface area contributed by atoms with Gasteiger partial charge in [-0.2, -0.15) is 0 Å². The summed E-state index contributed by atoms with van der Waals surface area (Å²) in [6.45, 7) is 1.45. The van der Waals surface area contributed by atoms with Crippen LogP contribution in [0.1, 0.15) is 19.3 Å². The maximum absolute atomic E-state index is 12.5. The van der Waals surface area contributed by atoms with Crippen LogP contribution in [0.2, 0.25) is 0 Å². The summed E-state index contributed by atoms with van der Waals surface area (Å²) < 4.78 is 24.5. The number of sulfone groups is 1. The van der Waals surface area contributed by atoms with Gasteiger partial charge < -0.3 is 9.88 Å². The molecule has 1 N–H and O–H groups in total. The third-order valence-electron chi connectivity index (χ3n) is 4.64. The van der Waals surface area contributed by atoms with E-state index < -0.39 is 9.84 Å². The van der Waals surface area contributed by atoms with Crippen molar-refractivity contribution in [3.63, 3.8) is 0 Å². The van der Waals surface area contributed by atoms with Crippen LogP contribution in [0.3, 0.4) is 0 Å². The second-order valence-corrected chi connectivity index (χ2v) is 8.97. The molecule has 1 amide bonds. The van der Waals surface area contributed by atoms with Crippen molar-refractivity contribution < 1.29 is 13.2 Å². The van der Waals surface area contributed by atoms with E-state index in [1.807, 2.05) is 24.3 Å². The number of para-hydroxylation sites is 2. The van der Waals surface area contributed by atoms with Gasteiger partial charge in [0.05, 0.1) is 16.8 Å². The number of aryl methyl sites for hydroxylation is 1. The molecule has 0 spiro atoms. The third-order valence-corrected chi connectivity index (χ3v) is 5.72. The number of H-pyrrole nitrogens is 1. The van der Waals surface area contributed by atoms with E-state index in [4.69, 9.17) is 0 Å². The number of nitrogens with zero attached hydrogens (tertiary/aromatic N) is 2. The Morgan fingerprint density at radius 2 is 2.08 bits per heavy atom. The van der Waals surface area contributed by atoms with Crippen LogP contribution in [-0.2, 0) is 21.2 Å². The first kappa shape index (κ1) is 17.7. The van der Waals surface area contributed by atoms with E-state index >= 15 is 0 Å². The van der Waals surface area contributed by atoms with Crippen molar-refractivity contribution in [2.75, 3.05) is 25.1 Å². The molecule has 8 heteroatoms. The molecule has 1 aromatic carbocycles. The van der Waals surface area contributed by atoms with Crippen LogP contribution in [0.4, 0.5) is 0 Å². The number of amides is 1. The van der Waals surface area contributed by atoms with Crippen LogP contribution in [-0.4, -0.2) is 53.9 Å². The summed E-state index contributed by atoms with van der Waals surface area (Å²) in [7, 11) is -3.04. The number of nitrogens with one attached hydrogen (secondary N) is 1. The molecular weight excluding hydrogens is 342 g/mol. The van der Waals surface area contributed by atoms with Gasteiger partial charge >= 0.3 is 5.69 Å². The Kier molecular flexibility index (Phi) is 4.99. The van der Waals surface area contributed by atoms with Crippen molar-refractivity contribution in [2.24, 2.45) is 5.92 Å². The second-order valence-electron chi connectivity index (χ2n) is 6.79. The van der Waals surface area contributed by atoms with Crippen LogP contribution < -0.4 is 5.69 Å². The van der Waals surface area contributed by atoms with Crippen LogP contribution in [0.25, 0.3) is 11.0 Å². The van der Waals surface area contributed by atoms with E-state index in [0.29, 0.717) is 19.6 Å². The number of aromatic amines is 1. The van der Waals surface area contributed by atoms with Gasteiger partial charge in [-0.1, -0.05) is 12.1 Å². The van der Waals surface area contributed by atoms with Gasteiger partial charge in [0.1, 0.15) is 9.84 Å². The maximum Gasteiger partial charge on any atom is 0.326 e. The lowest BCUT2D eigenvalue weighted by Crippen LogP contribution is -2.42. The van der Waals surface area contributed by atoms with Gasteiger partial charge in [-0.15, -0.1) is 0 Å². The highest BCUT2D eigenvalue weighted by atomic mass is 32.2. The van der Waals surface area contributed by atoms with Crippen molar-refractivity contribution in [3.8, 4) is 0 Å². The first-order valence-electron chi connectivity index (χ1n) is 8.46. The van der Waals surface area contributed by atoms with Crippen LogP contribution in [0.5, 0.6) is 0 Å². The predicted molar refractivity (Wildman–Crippen MR) is 96.2 cm³/mol. The zero-order valence-corrected chi connectivity index (χ0v) is 15.1. The molecule has 3 rings (SSSR count). The van der Waals surface area contributed by atoms with Gasteiger partial charge in [-0.25, -0.2) is 13.2 Å². The standard InChI is InChI=1S/C17H23N3O4S/c1-25(23,24)12-13-5-4-9-19(11-13)16(21)8-10-20-15-7-3-2-6-14(15)18-17(20)22/h2-3,6-7,13H,4-5,8-12H2,1H3,(H,18,22)/t13-/m0/s1. The largest absolute Gasteiger partial charge is 0.342 e. The number of hydrogen-bond donors (Lipinski definition) is 1. The molecule has 1 atom stereocenters. The van der Waals surface area contributed by atoms with Crippen LogP contribution in [0.15, 0.2) is 29.1 Å². The molecular formula is C17H23N3O4S. The SMILES string of the molecule is CS(=O)(=O)C[C@H]1CCCN(C(=O)CCn2c(=O)[nH]c3ccccc32)C1. The van der Waals surface area contributed by atoms with Crippen molar-refractivity contribution in [1.82, 2.24) is 14.5 Å². The van der Waals surface area contributed by atoms with Gasteiger partial charge in [0, 0.05) is 32.3 Å². The fourth-order valence-electron chi connectivity index (χ4n) is 3.55. The summed E-state index contributed by atoms with van der Waals surface area (Å²) in [5, 5.41) is 0. The number of likely N-dealkylation sites (tertiary alicyclic amines) is 1. The zero-order valence-electron chi connectivity index (χ0n) is 14.3. The summed E-state index contributed by atoms with van der Waals surface area (Å²) in [5.74, 6) is 0.0949. The summed E-state index contributed by atoms with van der Waals surface area (Å²) in [4.78, 5) is 29.1. The maximum atomic E-state index is 12.5. The fraction of sp³-hybridized carbons (Fsp3) is 0.529. The lowest BCUT2D eigenvalue weighted by atomic mass is 10.00. The highest BCUT2D eigenvalue weighted by Gasteiger charge is 2.26. The molecule has 0 saturated carbocycles. The number of benzene rings is 1. The minimum Gasteiger partial charge on any atom is -0.342 e. The van der Waals surface area contributed by atoms with Gasteiger partial charge in [0.2, 0.25) is 5.91 Å². The fourth-order valence-corrected chi connectivity index (χ4v) is 4.68. The van der Waals surface area contributed by atoms with E-state index in [9.17, 15) is 18.0 Å². The molecule has 1 aliphatic rings. The highest BCUT2D eigenvalue weighted by Crippen LogP contribution is 2.19. The molecule has 1 saturated heterocycles. The van der Waals surface area contributed by atoms with Crippen molar-refractivity contribution in [3.05, 3.63) is 34.7 Å². The minimum absolute atomic E-state index is 0.00325. The number of piperidine rings is 1. The zero-order chi connectivity index (χ0) is 18.0. The normalized spacial score (nSPS) is 18.6. The number of carbonyl (C=O) groups excluding carboxylic acids is 1. The molecule has 1 fully saturated rings. The second kappa shape index (κ2) is 7.03. The number of rotatable bonds is 5. The van der Waals surface area contributed by atoms with E-state index in [-0.39, 0.29) is 29.7 Å². The first-order chi connectivity index (χ1) is 11.8. The molecule has 25 heavy (non-hydrogen) atoms. The average molecular weight is 365 g/mol. The average Bonchev–Trinajstić information content (AvgIpc) is 2.86. The molecule has 2 aromatic rings. The highest BCUT2D eigenvalue weighted by molar-refractivity contribution is 7.90. The molecule has 1 aliphatic heterocycles. The van der Waals surface area contributed by atoms with Crippen molar-refractivity contribution in [2.45, 2.75) is 25.8 Å². The number of fused-ring (bicyclic) bond motifs is 1. The third kappa shape index (κ3) is 4.31. The van der Waals surface area contributed by atoms with E-state index in [1.54, 1.807) is 9.47 Å². The van der Waals surface area contributed by atoms with Crippen LogP contribution >= 0.6 is 0 Å². The van der Waals surface area contributed by atoms with E-state index in [2.05, 4.69) is 4.98 Å². The predicted octanol–water partition coefficient (Wildman–Crippen LogP) is 1.00. The first-order valence-corrected chi connectivity index (χ1v) is 10.5. The molecule has 136 valence electrons. The monoisotopic (exact) mass is 365 g/mol. The Morgan fingerprint density at radius 3 is 2.84 bits per heavy atom. The number of hydrogen-bond acceptors (Lipinski definition) is 4. The summed E-state index contributed by atoms with van der Waals surface area (Å²) in [5.41, 5.74) is 1.32. The lowest BCUT2D eigenvalue weighted by molar-refractivity contribution is -0.133. The number of imidazole rings is 1. The Labute approximate surface area is 146 Å². The van der Waals surface area contributed by atoms with E-state index in [0.717, 1.165) is 23.9 Å². The van der Waals surface area contributed by atoms with Gasteiger partial charge in [0.15, 0.2) is 0 Å². The number of carbonyl (C=O) groups is 1. The molecule has 0 radical (unpaired) electrons. The Balaban J connectivity index is 1.64. The minimum atomic E-state index is -3.04. The molecule has 0 aliphatic carbocycles. The van der Waals surface area contributed by atoms with Crippen molar-refractivity contribution >= 4 is 26.8 Å². The smallest absolute Gasteiger partial charge is 0.326 e. The summed E-state index contributed by atoms with van der Waals surface area (Å²) in [6, 6.07) is 7.38. The molecule has 0 bridgehead atoms. The van der Waals surface area contributed by atoms with Gasteiger partial charge in [0.25, 0.3) is 0 Å². The number of aromatic nitrogens is 2. The van der Waals surface area contributed by atoms with Crippen LogP contribution in [0, 0.1) is 5.92 Å². The van der Waals surface area contributed by atoms with Crippen molar-refractivity contribution in [1.29, 1.82) is 0 Å².